The molecule has 0 amide bonds. The molecular weight excluding hydrogens is 184 g/mol. The topological polar surface area (TPSA) is 89.4 Å². The largest absolute Gasteiger partial charge is 0.481 e. The number of carboxylic acids is 1. The molecule has 0 saturated heterocycles. The van der Waals surface area contributed by atoms with Crippen molar-refractivity contribution in [2.45, 2.75) is 32.2 Å². The van der Waals surface area contributed by atoms with E-state index in [9.17, 15) is 4.79 Å². The highest BCUT2D eigenvalue weighted by Gasteiger charge is 2.16. The van der Waals surface area contributed by atoms with Gasteiger partial charge in [-0.3, -0.25) is 4.79 Å². The van der Waals surface area contributed by atoms with E-state index < -0.39 is 12.0 Å². The van der Waals surface area contributed by atoms with Gasteiger partial charge < -0.3 is 15.4 Å². The molecule has 3 N–H and O–H groups in total. The van der Waals surface area contributed by atoms with Crippen LogP contribution in [0.3, 0.4) is 0 Å². The Morgan fingerprint density at radius 2 is 2.36 bits per heavy atom. The number of hydrogen-bond donors (Lipinski definition) is 2. The van der Waals surface area contributed by atoms with Crippen LogP contribution in [0, 0.1) is 0 Å². The van der Waals surface area contributed by atoms with Crippen LogP contribution in [0.15, 0.2) is 10.6 Å². The maximum Gasteiger partial charge on any atom is 0.305 e. The van der Waals surface area contributed by atoms with Gasteiger partial charge in [-0.15, -0.1) is 0 Å². The number of rotatable bonds is 4. The molecule has 0 saturated carbocycles. The molecule has 1 unspecified atom stereocenters. The van der Waals surface area contributed by atoms with Gasteiger partial charge in [0.25, 0.3) is 0 Å². The maximum atomic E-state index is 10.4. The first-order chi connectivity index (χ1) is 6.50. The number of carbonyl (C=O) groups is 1. The number of aromatic nitrogens is 1. The molecule has 0 aromatic carbocycles. The quantitative estimate of drug-likeness (QED) is 0.760. The van der Waals surface area contributed by atoms with E-state index in [0.29, 0.717) is 5.69 Å². The van der Waals surface area contributed by atoms with Gasteiger partial charge in [-0.25, -0.2) is 0 Å². The summed E-state index contributed by atoms with van der Waals surface area (Å²) >= 11 is 0. The molecule has 0 aliphatic heterocycles. The van der Waals surface area contributed by atoms with Gasteiger partial charge in [0.1, 0.15) is 11.5 Å². The third-order valence-electron chi connectivity index (χ3n) is 1.89. The predicted octanol–water partition coefficient (Wildman–Crippen LogP) is 1.27. The van der Waals surface area contributed by atoms with Crippen molar-refractivity contribution in [2.24, 2.45) is 5.73 Å². The van der Waals surface area contributed by atoms with E-state index in [1.165, 1.54) is 0 Å². The van der Waals surface area contributed by atoms with Gasteiger partial charge in [0.05, 0.1) is 12.5 Å². The van der Waals surface area contributed by atoms with E-state index in [-0.39, 0.29) is 12.3 Å². The zero-order valence-corrected chi connectivity index (χ0v) is 8.23. The van der Waals surface area contributed by atoms with Gasteiger partial charge in [0.15, 0.2) is 0 Å². The molecule has 0 aliphatic carbocycles. The molecule has 0 spiro atoms. The van der Waals surface area contributed by atoms with Gasteiger partial charge in [0.2, 0.25) is 0 Å². The smallest absolute Gasteiger partial charge is 0.305 e. The Labute approximate surface area is 81.9 Å². The molecule has 1 heterocycles. The van der Waals surface area contributed by atoms with Crippen molar-refractivity contribution in [1.29, 1.82) is 0 Å². The van der Waals surface area contributed by atoms with Crippen molar-refractivity contribution in [3.8, 4) is 0 Å². The molecule has 0 fully saturated rings. The molecule has 0 aliphatic rings. The first-order valence-electron chi connectivity index (χ1n) is 4.44. The highest BCUT2D eigenvalue weighted by atomic mass is 16.5. The number of carboxylic acid groups (broad SMARTS) is 1. The Morgan fingerprint density at radius 1 is 1.71 bits per heavy atom. The molecule has 78 valence electrons. The molecule has 0 bridgehead atoms. The van der Waals surface area contributed by atoms with Gasteiger partial charge in [-0.2, -0.15) is 0 Å². The normalized spacial score (nSPS) is 13.1. The first-order valence-corrected chi connectivity index (χ1v) is 4.44. The highest BCUT2D eigenvalue weighted by molar-refractivity contribution is 5.67. The van der Waals surface area contributed by atoms with Crippen molar-refractivity contribution in [2.75, 3.05) is 0 Å². The van der Waals surface area contributed by atoms with Crippen LogP contribution < -0.4 is 5.73 Å². The fourth-order valence-electron chi connectivity index (χ4n) is 1.04. The summed E-state index contributed by atoms with van der Waals surface area (Å²) in [7, 11) is 0. The van der Waals surface area contributed by atoms with Crippen molar-refractivity contribution >= 4 is 5.97 Å². The summed E-state index contributed by atoms with van der Waals surface area (Å²) in [5, 5.41) is 12.2. The summed E-state index contributed by atoms with van der Waals surface area (Å²) in [6.45, 7) is 3.93. The molecule has 1 rings (SSSR count). The molecule has 1 aromatic rings. The van der Waals surface area contributed by atoms with E-state index >= 15 is 0 Å². The lowest BCUT2D eigenvalue weighted by Crippen LogP contribution is -2.15. The average molecular weight is 198 g/mol. The van der Waals surface area contributed by atoms with Crippen molar-refractivity contribution < 1.29 is 14.4 Å². The second kappa shape index (κ2) is 4.23. The molecule has 0 radical (unpaired) electrons. The Morgan fingerprint density at radius 3 is 2.79 bits per heavy atom. The Balaban J connectivity index is 2.71. The number of nitrogens with two attached hydrogens (primary N) is 1. The van der Waals surface area contributed by atoms with Crippen LogP contribution in [-0.2, 0) is 4.79 Å². The second-order valence-electron chi connectivity index (χ2n) is 3.51. The van der Waals surface area contributed by atoms with Crippen molar-refractivity contribution in [1.82, 2.24) is 5.16 Å². The molecular formula is C9H14N2O3. The molecule has 1 aromatic heterocycles. The Hall–Kier alpha value is -1.36. The van der Waals surface area contributed by atoms with Gasteiger partial charge >= 0.3 is 5.97 Å². The first kappa shape index (κ1) is 10.7. The van der Waals surface area contributed by atoms with Crippen LogP contribution in [0.25, 0.3) is 0 Å². The van der Waals surface area contributed by atoms with E-state index in [4.69, 9.17) is 15.4 Å². The van der Waals surface area contributed by atoms with Gasteiger partial charge in [0, 0.05) is 12.0 Å². The minimum absolute atomic E-state index is 0.135. The number of aliphatic carboxylic acids is 1. The second-order valence-corrected chi connectivity index (χ2v) is 3.51. The van der Waals surface area contributed by atoms with E-state index in [1.807, 2.05) is 13.8 Å². The van der Waals surface area contributed by atoms with Crippen LogP contribution in [-0.4, -0.2) is 16.2 Å². The van der Waals surface area contributed by atoms with E-state index in [1.54, 1.807) is 6.07 Å². The Kier molecular flexibility index (Phi) is 3.24. The van der Waals surface area contributed by atoms with Crippen molar-refractivity contribution in [3.05, 3.63) is 17.5 Å². The van der Waals surface area contributed by atoms with Gasteiger partial charge in [-0.05, 0) is 0 Å². The van der Waals surface area contributed by atoms with Crippen LogP contribution in [0.2, 0.25) is 0 Å². The highest BCUT2D eigenvalue weighted by Crippen LogP contribution is 2.19. The lowest BCUT2D eigenvalue weighted by molar-refractivity contribution is -0.137. The zero-order valence-electron chi connectivity index (χ0n) is 8.23. The third kappa shape index (κ3) is 2.56. The minimum atomic E-state index is -0.938. The summed E-state index contributed by atoms with van der Waals surface area (Å²) in [6, 6.07) is 1.11. The summed E-state index contributed by atoms with van der Waals surface area (Å²) < 4.78 is 5.01. The summed E-state index contributed by atoms with van der Waals surface area (Å²) in [5.74, 6) is 0.0145. The molecule has 5 heteroatoms. The third-order valence-corrected chi connectivity index (χ3v) is 1.89. The van der Waals surface area contributed by atoms with Crippen LogP contribution in [0.4, 0.5) is 0 Å². The maximum absolute atomic E-state index is 10.4. The van der Waals surface area contributed by atoms with Crippen molar-refractivity contribution in [3.63, 3.8) is 0 Å². The fourth-order valence-corrected chi connectivity index (χ4v) is 1.04. The minimum Gasteiger partial charge on any atom is -0.481 e. The zero-order chi connectivity index (χ0) is 10.7. The summed E-state index contributed by atoms with van der Waals surface area (Å²) in [6.07, 6.45) is -0.135. The Bertz CT molecular complexity index is 320. The molecule has 1 atom stereocenters. The monoisotopic (exact) mass is 198 g/mol. The predicted molar refractivity (Wildman–Crippen MR) is 49.8 cm³/mol. The standard InChI is InChI=1S/C9H14N2O3/c1-5(2)8-4-7(11-14-8)6(10)3-9(12)13/h4-6H,3,10H2,1-2H3,(H,12,13). The summed E-state index contributed by atoms with van der Waals surface area (Å²) in [5.41, 5.74) is 6.10. The molecule has 5 nitrogen and oxygen atoms in total. The van der Waals surface area contributed by atoms with E-state index in [2.05, 4.69) is 5.16 Å². The van der Waals surface area contributed by atoms with Crippen LogP contribution in [0.1, 0.15) is 43.7 Å². The fraction of sp³-hybridized carbons (Fsp3) is 0.556. The van der Waals surface area contributed by atoms with E-state index in [0.717, 1.165) is 5.76 Å². The van der Waals surface area contributed by atoms with Crippen LogP contribution >= 0.6 is 0 Å². The number of nitrogens with zero attached hydrogens (tertiary/aromatic N) is 1. The lowest BCUT2D eigenvalue weighted by atomic mass is 10.1. The number of hydrogen-bond acceptors (Lipinski definition) is 4. The van der Waals surface area contributed by atoms with Crippen LogP contribution in [0.5, 0.6) is 0 Å². The van der Waals surface area contributed by atoms with Gasteiger partial charge in [-0.1, -0.05) is 19.0 Å². The SMILES string of the molecule is CC(C)c1cc(C(N)CC(=O)O)no1. The summed E-state index contributed by atoms with van der Waals surface area (Å²) in [4.78, 5) is 10.4. The molecule has 14 heavy (non-hydrogen) atoms. The lowest BCUT2D eigenvalue weighted by Gasteiger charge is -2.02. The average Bonchev–Trinajstić information content (AvgIpc) is 2.50.